The van der Waals surface area contributed by atoms with Crippen molar-refractivity contribution in [2.24, 2.45) is 17.8 Å². The zero-order valence-corrected chi connectivity index (χ0v) is 30.3. The van der Waals surface area contributed by atoms with Crippen molar-refractivity contribution in [1.29, 1.82) is 0 Å². The lowest BCUT2D eigenvalue weighted by molar-refractivity contribution is -0.233. The molecule has 0 aromatic heterocycles. The third-order valence-corrected chi connectivity index (χ3v) is 9.69. The Morgan fingerprint density at radius 2 is 1.41 bits per heavy atom. The lowest BCUT2D eigenvalue weighted by atomic mass is 9.71. The predicted octanol–water partition coefficient (Wildman–Crippen LogP) is 4.11. The smallest absolute Gasteiger partial charge is 0.407 e. The van der Waals surface area contributed by atoms with Crippen LogP contribution in [0, 0.1) is 17.8 Å². The summed E-state index contributed by atoms with van der Waals surface area (Å²) in [6.07, 6.45) is -3.36. The summed E-state index contributed by atoms with van der Waals surface area (Å²) in [5.41, 5.74) is 4.79. The number of methoxy groups -OCH3 is 1. The minimum Gasteiger partial charge on any atom is -0.481 e. The molecule has 0 saturated carbocycles. The van der Waals surface area contributed by atoms with Crippen LogP contribution in [0.5, 0.6) is 5.75 Å². The molecule has 2 amide bonds. The molecule has 16 nitrogen and oxygen atoms in total. The van der Waals surface area contributed by atoms with E-state index in [1.807, 2.05) is 48.5 Å². The summed E-state index contributed by atoms with van der Waals surface area (Å²) in [6, 6.07) is 20.2. The highest BCUT2D eigenvalue weighted by Crippen LogP contribution is 2.45. The zero-order chi connectivity index (χ0) is 40.4. The van der Waals surface area contributed by atoms with Gasteiger partial charge in [-0.1, -0.05) is 66.7 Å². The second-order valence-corrected chi connectivity index (χ2v) is 13.2. The van der Waals surface area contributed by atoms with Crippen LogP contribution in [-0.2, 0) is 38.2 Å². The van der Waals surface area contributed by atoms with E-state index in [4.69, 9.17) is 18.9 Å². The summed E-state index contributed by atoms with van der Waals surface area (Å²) in [4.78, 5) is 74.5. The summed E-state index contributed by atoms with van der Waals surface area (Å²) in [5, 5.41) is 43.7. The van der Waals surface area contributed by atoms with E-state index in [1.54, 1.807) is 12.1 Å². The molecule has 5 rings (SSSR count). The Bertz CT molecular complexity index is 1930. The Labute approximate surface area is 321 Å². The number of anilines is 1. The molecule has 0 radical (unpaired) electrons. The number of alkyl carbamates (subject to hydrolysis) is 1. The molecule has 1 fully saturated rings. The van der Waals surface area contributed by atoms with E-state index < -0.39 is 85.3 Å². The van der Waals surface area contributed by atoms with E-state index in [0.29, 0.717) is 5.56 Å². The third-order valence-electron chi connectivity index (χ3n) is 9.69. The van der Waals surface area contributed by atoms with Gasteiger partial charge in [-0.2, -0.15) is 0 Å². The van der Waals surface area contributed by atoms with Crippen molar-refractivity contribution >= 4 is 47.6 Å². The number of carboxylic acids is 3. The summed E-state index contributed by atoms with van der Waals surface area (Å²) in [7, 11) is 1.03. The molecular formula is C40H42N2O14. The second kappa shape index (κ2) is 18.9. The monoisotopic (exact) mass is 774 g/mol. The summed E-state index contributed by atoms with van der Waals surface area (Å²) in [6.45, 7) is -0.322. The van der Waals surface area contributed by atoms with Gasteiger partial charge in [0.05, 0.1) is 32.2 Å². The van der Waals surface area contributed by atoms with Crippen molar-refractivity contribution in [3.63, 3.8) is 0 Å². The molecule has 2 aliphatic rings. The van der Waals surface area contributed by atoms with E-state index in [2.05, 4.69) is 10.6 Å². The van der Waals surface area contributed by atoms with Crippen molar-refractivity contribution in [3.05, 3.63) is 89.5 Å². The van der Waals surface area contributed by atoms with Gasteiger partial charge in [-0.3, -0.25) is 19.2 Å². The van der Waals surface area contributed by atoms with E-state index >= 15 is 0 Å². The zero-order valence-electron chi connectivity index (χ0n) is 30.3. The Kier molecular flexibility index (Phi) is 13.8. The molecule has 1 heterocycles. The highest BCUT2D eigenvalue weighted by atomic mass is 16.7. The fourth-order valence-electron chi connectivity index (χ4n) is 7.27. The van der Waals surface area contributed by atoms with Gasteiger partial charge in [-0.25, -0.2) is 9.59 Å². The number of carboxylic acid groups (broad SMARTS) is 3. The molecule has 3 aromatic carbocycles. The van der Waals surface area contributed by atoms with Gasteiger partial charge in [-0.15, -0.1) is 0 Å². The number of benzene rings is 3. The molecule has 16 heteroatoms. The molecule has 0 spiro atoms. The molecule has 1 saturated heterocycles. The van der Waals surface area contributed by atoms with Crippen molar-refractivity contribution < 1.29 is 68.1 Å². The molecule has 6 N–H and O–H groups in total. The van der Waals surface area contributed by atoms with Crippen LogP contribution in [0.2, 0.25) is 0 Å². The van der Waals surface area contributed by atoms with E-state index in [0.717, 1.165) is 29.4 Å². The highest BCUT2D eigenvalue weighted by Gasteiger charge is 2.52. The van der Waals surface area contributed by atoms with Crippen molar-refractivity contribution in [3.8, 4) is 16.9 Å². The number of rotatable bonds is 17. The van der Waals surface area contributed by atoms with Gasteiger partial charge in [-0.05, 0) is 45.9 Å². The third kappa shape index (κ3) is 10.1. The van der Waals surface area contributed by atoms with Gasteiger partial charge < -0.3 is 50.0 Å². The number of hydrogen-bond donors (Lipinski definition) is 6. The van der Waals surface area contributed by atoms with Gasteiger partial charge in [0.2, 0.25) is 12.2 Å². The van der Waals surface area contributed by atoms with Crippen LogP contribution in [0.25, 0.3) is 17.2 Å². The number of aliphatic hydroxyl groups excluding tert-OH is 1. The van der Waals surface area contributed by atoms with Gasteiger partial charge in [0.1, 0.15) is 12.4 Å². The molecule has 0 bridgehead atoms. The first-order valence-corrected chi connectivity index (χ1v) is 17.8. The molecule has 3 aromatic rings. The quantitative estimate of drug-likeness (QED) is 0.106. The normalized spacial score (nSPS) is 20.0. The fourth-order valence-corrected chi connectivity index (χ4v) is 7.27. The molecule has 1 aliphatic heterocycles. The van der Waals surface area contributed by atoms with E-state index in [-0.39, 0.29) is 43.5 Å². The minimum absolute atomic E-state index is 0.0472. The maximum atomic E-state index is 13.2. The van der Waals surface area contributed by atoms with Crippen molar-refractivity contribution in [1.82, 2.24) is 5.32 Å². The molecule has 0 unspecified atom stereocenters. The lowest BCUT2D eigenvalue weighted by Crippen LogP contribution is -2.54. The van der Waals surface area contributed by atoms with Crippen molar-refractivity contribution in [2.75, 3.05) is 32.2 Å². The Morgan fingerprint density at radius 3 is 2.02 bits per heavy atom. The van der Waals surface area contributed by atoms with Crippen LogP contribution in [0.4, 0.5) is 10.5 Å². The Hall–Kier alpha value is -6.26. The SMILES string of the molecule is COC(=O)[C@H]1O[C@@H](Oc2ccc(C=CCO)cc2NC(=O)CCNC(=O)OCC2c3ccccc3-c3ccccc32)[C@H](CC(=O)O)[C@@H](CC(=O)O)[C@@H]1CC(=O)O. The Balaban J connectivity index is 1.29. The molecular weight excluding hydrogens is 732 g/mol. The Morgan fingerprint density at radius 1 is 0.804 bits per heavy atom. The summed E-state index contributed by atoms with van der Waals surface area (Å²) >= 11 is 0. The molecule has 56 heavy (non-hydrogen) atoms. The lowest BCUT2D eigenvalue weighted by Gasteiger charge is -2.44. The maximum absolute atomic E-state index is 13.2. The number of amides is 2. The number of esters is 1. The number of ether oxygens (including phenoxy) is 4. The van der Waals surface area contributed by atoms with E-state index in [1.165, 1.54) is 18.2 Å². The average Bonchev–Trinajstić information content (AvgIpc) is 3.48. The minimum atomic E-state index is -1.63. The number of fused-ring (bicyclic) bond motifs is 3. The topological polar surface area (TPSA) is 244 Å². The standard InChI is InChI=1S/C40H42N2O14/c1-53-38(51)37-28(19-35(47)48)27(18-34(45)46)29(20-36(49)50)39(56-37)55-32-13-12-22(7-6-16-43)17-31(32)42-33(44)14-15-41-40(52)54-21-30-25-10-4-2-8-23(25)24-9-3-5-11-26(24)30/h2-13,17,27-30,37,39,43H,14-16,18-21H2,1H3,(H,41,52)(H,42,44)(H,45,46)(H,47,48)(H,49,50)/t27-,28-,29+,37-,39+/m0/s1. The van der Waals surface area contributed by atoms with Crippen LogP contribution in [-0.4, -0.2) is 95.6 Å². The fraction of sp³-hybridized carbons (Fsp3) is 0.350. The van der Waals surface area contributed by atoms with Crippen molar-refractivity contribution in [2.45, 2.75) is 44.0 Å². The summed E-state index contributed by atoms with van der Waals surface area (Å²) in [5.74, 6) is -9.72. The first-order valence-electron chi connectivity index (χ1n) is 17.8. The summed E-state index contributed by atoms with van der Waals surface area (Å²) < 4.78 is 22.4. The highest BCUT2D eigenvalue weighted by molar-refractivity contribution is 5.93. The van der Waals surface area contributed by atoms with Crippen LogP contribution in [0.1, 0.15) is 48.3 Å². The van der Waals surface area contributed by atoms with Crippen LogP contribution in [0.3, 0.4) is 0 Å². The van der Waals surface area contributed by atoms with E-state index in [9.17, 15) is 49.2 Å². The van der Waals surface area contributed by atoms with Crippen LogP contribution < -0.4 is 15.4 Å². The maximum Gasteiger partial charge on any atom is 0.407 e. The number of hydrogen-bond acceptors (Lipinski definition) is 11. The number of aliphatic carboxylic acids is 3. The molecule has 5 atom stereocenters. The van der Waals surface area contributed by atoms with Crippen LogP contribution in [0.15, 0.2) is 72.8 Å². The largest absolute Gasteiger partial charge is 0.481 e. The first kappa shape index (κ1) is 40.9. The van der Waals surface area contributed by atoms with Gasteiger partial charge in [0, 0.05) is 37.1 Å². The predicted molar refractivity (Wildman–Crippen MR) is 197 cm³/mol. The first-order chi connectivity index (χ1) is 26.9. The number of carbonyl (C=O) groups excluding carboxylic acids is 3. The molecule has 296 valence electrons. The number of aliphatic hydroxyl groups is 1. The van der Waals surface area contributed by atoms with Gasteiger partial charge in [0.25, 0.3) is 0 Å². The van der Waals surface area contributed by atoms with Gasteiger partial charge >= 0.3 is 30.0 Å². The number of nitrogens with one attached hydrogen (secondary N) is 2. The number of carbonyl (C=O) groups is 6. The molecule has 1 aliphatic carbocycles. The van der Waals surface area contributed by atoms with Crippen LogP contribution >= 0.6 is 0 Å². The average molecular weight is 775 g/mol. The van der Waals surface area contributed by atoms with Gasteiger partial charge in [0.15, 0.2) is 6.10 Å². The second-order valence-electron chi connectivity index (χ2n) is 13.2.